The van der Waals surface area contributed by atoms with Crippen LogP contribution in [0.5, 0.6) is 0 Å². The number of halogens is 1. The molecule has 1 saturated carbocycles. The molecule has 0 unspecified atom stereocenters. The lowest BCUT2D eigenvalue weighted by Crippen LogP contribution is -2.51. The third kappa shape index (κ3) is 4.91. The van der Waals surface area contributed by atoms with Crippen LogP contribution in [0, 0.1) is 11.7 Å². The first kappa shape index (κ1) is 22.6. The monoisotopic (exact) mass is 442 g/mol. The molecule has 7 nitrogen and oxygen atoms in total. The second-order valence-electron chi connectivity index (χ2n) is 8.49. The Balaban J connectivity index is 1.31. The summed E-state index contributed by atoms with van der Waals surface area (Å²) in [5.74, 6) is 0.234. The number of aromatic nitrogens is 2. The summed E-state index contributed by atoms with van der Waals surface area (Å²) < 4.78 is 19.7. The van der Waals surface area contributed by atoms with E-state index < -0.39 is 5.82 Å². The van der Waals surface area contributed by atoms with Gasteiger partial charge in [0, 0.05) is 61.3 Å². The second kappa shape index (κ2) is 10.4. The molecule has 4 rings (SSSR count). The van der Waals surface area contributed by atoms with Crippen molar-refractivity contribution < 1.29 is 19.0 Å². The number of hydrogen-bond donors (Lipinski definition) is 1. The van der Waals surface area contributed by atoms with E-state index in [1.54, 1.807) is 30.6 Å². The standard InChI is InChI=1S/C24H31FN4O3/c1-2-32-23(31)17-6-8-20(9-7-17)28-10-12-29(13-11-28)24-26-14-19(15-27-24)21-5-3-4-18(16-30)22(21)25/h3-5,14-15,17,20,30H,2,6-13,16H2,1H3. The summed E-state index contributed by atoms with van der Waals surface area (Å²) in [6, 6.07) is 5.48. The van der Waals surface area contributed by atoms with Gasteiger partial charge in [-0.2, -0.15) is 0 Å². The second-order valence-corrected chi connectivity index (χ2v) is 8.49. The van der Waals surface area contributed by atoms with Crippen molar-refractivity contribution >= 4 is 11.9 Å². The number of esters is 1. The number of aliphatic hydroxyl groups is 1. The maximum Gasteiger partial charge on any atom is 0.308 e. The Hall–Kier alpha value is -2.58. The molecule has 8 heteroatoms. The third-order valence-electron chi connectivity index (χ3n) is 6.63. The van der Waals surface area contributed by atoms with Crippen molar-refractivity contribution in [2.24, 2.45) is 5.92 Å². The first-order valence-electron chi connectivity index (χ1n) is 11.5. The van der Waals surface area contributed by atoms with E-state index in [4.69, 9.17) is 4.74 Å². The zero-order valence-electron chi connectivity index (χ0n) is 18.5. The van der Waals surface area contributed by atoms with Gasteiger partial charge in [-0.05, 0) is 32.6 Å². The highest BCUT2D eigenvalue weighted by Crippen LogP contribution is 2.30. The first-order valence-corrected chi connectivity index (χ1v) is 11.5. The van der Waals surface area contributed by atoms with Crippen LogP contribution in [-0.4, -0.2) is 64.8 Å². The molecular formula is C24H31FN4O3. The van der Waals surface area contributed by atoms with Crippen LogP contribution in [-0.2, 0) is 16.1 Å². The zero-order valence-corrected chi connectivity index (χ0v) is 18.5. The predicted molar refractivity (Wildman–Crippen MR) is 120 cm³/mol. The van der Waals surface area contributed by atoms with Crippen molar-refractivity contribution in [3.05, 3.63) is 42.0 Å². The van der Waals surface area contributed by atoms with Gasteiger partial charge in [0.05, 0.1) is 19.1 Å². The molecule has 0 atom stereocenters. The third-order valence-corrected chi connectivity index (χ3v) is 6.63. The Morgan fingerprint density at radius 3 is 2.44 bits per heavy atom. The van der Waals surface area contributed by atoms with Crippen LogP contribution in [0.25, 0.3) is 11.1 Å². The number of carbonyl (C=O) groups excluding carboxylic acids is 1. The van der Waals surface area contributed by atoms with Crippen LogP contribution in [0.2, 0.25) is 0 Å². The van der Waals surface area contributed by atoms with E-state index in [0.717, 1.165) is 51.9 Å². The molecule has 2 aromatic rings. The van der Waals surface area contributed by atoms with Crippen LogP contribution in [0.4, 0.5) is 10.3 Å². The Morgan fingerprint density at radius 2 is 1.81 bits per heavy atom. The minimum atomic E-state index is -0.433. The van der Waals surface area contributed by atoms with Crippen molar-refractivity contribution in [3.63, 3.8) is 0 Å². The smallest absolute Gasteiger partial charge is 0.308 e. The highest BCUT2D eigenvalue weighted by atomic mass is 19.1. The fourth-order valence-corrected chi connectivity index (χ4v) is 4.77. The lowest BCUT2D eigenvalue weighted by molar-refractivity contribution is -0.149. The van der Waals surface area contributed by atoms with Gasteiger partial charge in [0.25, 0.3) is 0 Å². The molecule has 1 N–H and O–H groups in total. The van der Waals surface area contributed by atoms with Gasteiger partial charge in [-0.15, -0.1) is 0 Å². The SMILES string of the molecule is CCOC(=O)C1CCC(N2CCN(c3ncc(-c4cccc(CO)c4F)cn3)CC2)CC1. The van der Waals surface area contributed by atoms with Gasteiger partial charge in [-0.25, -0.2) is 14.4 Å². The Bertz CT molecular complexity index is 908. The largest absolute Gasteiger partial charge is 0.466 e. The quantitative estimate of drug-likeness (QED) is 0.689. The van der Waals surface area contributed by atoms with Crippen molar-refractivity contribution in [1.82, 2.24) is 14.9 Å². The van der Waals surface area contributed by atoms with Gasteiger partial charge in [-0.1, -0.05) is 18.2 Å². The summed E-state index contributed by atoms with van der Waals surface area (Å²) in [6.07, 6.45) is 7.17. The number of anilines is 1. The molecule has 0 amide bonds. The fraction of sp³-hybridized carbons (Fsp3) is 0.542. The molecule has 0 spiro atoms. The summed E-state index contributed by atoms with van der Waals surface area (Å²) in [6.45, 7) is 5.52. The number of ether oxygens (including phenoxy) is 1. The predicted octanol–water partition coefficient (Wildman–Crippen LogP) is 3.02. The minimum Gasteiger partial charge on any atom is -0.466 e. The number of hydrogen-bond acceptors (Lipinski definition) is 7. The molecule has 0 bridgehead atoms. The van der Waals surface area contributed by atoms with E-state index >= 15 is 0 Å². The van der Waals surface area contributed by atoms with E-state index in [1.165, 1.54) is 0 Å². The molecule has 1 aliphatic heterocycles. The van der Waals surface area contributed by atoms with Crippen molar-refractivity contribution in [3.8, 4) is 11.1 Å². The van der Waals surface area contributed by atoms with Gasteiger partial charge in [0.2, 0.25) is 5.95 Å². The number of benzene rings is 1. The van der Waals surface area contributed by atoms with E-state index in [1.807, 2.05) is 6.92 Å². The number of carbonyl (C=O) groups is 1. The van der Waals surface area contributed by atoms with Crippen LogP contribution >= 0.6 is 0 Å². The average molecular weight is 443 g/mol. The van der Waals surface area contributed by atoms with Gasteiger partial charge < -0.3 is 14.7 Å². The number of rotatable bonds is 6. The number of piperazine rings is 1. The van der Waals surface area contributed by atoms with Crippen LogP contribution in [0.15, 0.2) is 30.6 Å². The zero-order chi connectivity index (χ0) is 22.5. The van der Waals surface area contributed by atoms with Crippen molar-refractivity contribution in [1.29, 1.82) is 0 Å². The maximum absolute atomic E-state index is 14.5. The van der Waals surface area contributed by atoms with E-state index in [2.05, 4.69) is 19.8 Å². The Kier molecular flexibility index (Phi) is 7.32. The van der Waals surface area contributed by atoms with E-state index in [0.29, 0.717) is 29.7 Å². The summed E-state index contributed by atoms with van der Waals surface area (Å²) in [5, 5.41) is 9.28. The first-order chi connectivity index (χ1) is 15.6. The molecular weight excluding hydrogens is 411 g/mol. The molecule has 2 aliphatic rings. The summed E-state index contributed by atoms with van der Waals surface area (Å²) in [5.41, 5.74) is 1.25. The average Bonchev–Trinajstić information content (AvgIpc) is 2.85. The molecule has 172 valence electrons. The summed E-state index contributed by atoms with van der Waals surface area (Å²) >= 11 is 0. The topological polar surface area (TPSA) is 78.8 Å². The molecule has 1 aliphatic carbocycles. The maximum atomic E-state index is 14.5. The normalized spacial score (nSPS) is 22.0. The molecule has 1 saturated heterocycles. The van der Waals surface area contributed by atoms with Crippen LogP contribution in [0.3, 0.4) is 0 Å². The Morgan fingerprint density at radius 1 is 1.12 bits per heavy atom. The molecule has 2 heterocycles. The highest BCUT2D eigenvalue weighted by molar-refractivity contribution is 5.72. The highest BCUT2D eigenvalue weighted by Gasteiger charge is 2.32. The van der Waals surface area contributed by atoms with Crippen molar-refractivity contribution in [2.75, 3.05) is 37.7 Å². The lowest BCUT2D eigenvalue weighted by atomic mass is 9.85. The number of nitrogens with zero attached hydrogens (tertiary/aromatic N) is 4. The van der Waals surface area contributed by atoms with Gasteiger partial charge in [0.15, 0.2) is 0 Å². The van der Waals surface area contributed by atoms with E-state index in [-0.39, 0.29) is 24.1 Å². The lowest BCUT2D eigenvalue weighted by Gasteiger charge is -2.41. The van der Waals surface area contributed by atoms with Gasteiger partial charge >= 0.3 is 5.97 Å². The van der Waals surface area contributed by atoms with Gasteiger partial charge in [0.1, 0.15) is 5.82 Å². The number of aliphatic hydroxyl groups excluding tert-OH is 1. The molecule has 0 radical (unpaired) electrons. The Labute approximate surface area is 188 Å². The molecule has 1 aromatic heterocycles. The summed E-state index contributed by atoms with van der Waals surface area (Å²) in [4.78, 5) is 25.6. The fourth-order valence-electron chi connectivity index (χ4n) is 4.77. The van der Waals surface area contributed by atoms with Crippen LogP contribution in [0.1, 0.15) is 38.2 Å². The van der Waals surface area contributed by atoms with Gasteiger partial charge in [-0.3, -0.25) is 9.69 Å². The summed E-state index contributed by atoms with van der Waals surface area (Å²) in [7, 11) is 0. The molecule has 32 heavy (non-hydrogen) atoms. The molecule has 2 fully saturated rings. The molecule has 1 aromatic carbocycles. The minimum absolute atomic E-state index is 0.0423. The van der Waals surface area contributed by atoms with Crippen molar-refractivity contribution in [2.45, 2.75) is 45.3 Å². The van der Waals surface area contributed by atoms with E-state index in [9.17, 15) is 14.3 Å². The van der Waals surface area contributed by atoms with Crippen LogP contribution < -0.4 is 4.90 Å².